The fraction of sp³-hybridized carbons (Fsp3) is 0.556. The molecular weight excluding hydrogens is 407 g/mol. The smallest absolute Gasteiger partial charge is 0.228 e. The Balaban J connectivity index is 1.61. The lowest BCUT2D eigenvalue weighted by Crippen LogP contribution is -2.38. The van der Waals surface area contributed by atoms with Gasteiger partial charge in [0.15, 0.2) is 5.16 Å². The number of morpholine rings is 1. The van der Waals surface area contributed by atoms with Gasteiger partial charge in [0.1, 0.15) is 5.75 Å². The molecule has 3 rings (SSSR count). The van der Waals surface area contributed by atoms with E-state index in [-0.39, 0.29) is 0 Å². The van der Waals surface area contributed by atoms with E-state index in [1.807, 2.05) is 0 Å². The molecule has 0 radical (unpaired) electrons. The number of rotatable bonds is 8. The van der Waals surface area contributed by atoms with Crippen LogP contribution in [0.1, 0.15) is 13.8 Å². The molecule has 0 atom stereocenters. The van der Waals surface area contributed by atoms with Gasteiger partial charge in [0.2, 0.25) is 5.95 Å². The first-order chi connectivity index (χ1) is 13.0. The van der Waals surface area contributed by atoms with Crippen LogP contribution in [0.5, 0.6) is 5.75 Å². The molecule has 9 heteroatoms. The van der Waals surface area contributed by atoms with E-state index in [2.05, 4.69) is 33.5 Å². The molecule has 148 valence electrons. The zero-order chi connectivity index (χ0) is 19.2. The van der Waals surface area contributed by atoms with Gasteiger partial charge in [0, 0.05) is 36.5 Å². The molecule has 1 saturated heterocycles. The third-order valence-electron chi connectivity index (χ3n) is 4.00. The van der Waals surface area contributed by atoms with Crippen LogP contribution in [0.25, 0.3) is 0 Å². The van der Waals surface area contributed by atoms with Crippen LogP contribution >= 0.6 is 35.0 Å². The van der Waals surface area contributed by atoms with Gasteiger partial charge < -0.3 is 14.4 Å². The molecule has 2 heterocycles. The Morgan fingerprint density at radius 2 is 2.00 bits per heavy atom. The maximum atomic E-state index is 6.13. The van der Waals surface area contributed by atoms with Crippen LogP contribution in [0.2, 0.25) is 10.0 Å². The Morgan fingerprint density at radius 3 is 2.74 bits per heavy atom. The lowest BCUT2D eigenvalue weighted by atomic mass is 10.2. The highest BCUT2D eigenvalue weighted by Crippen LogP contribution is 2.28. The fourth-order valence-electron chi connectivity index (χ4n) is 2.78. The van der Waals surface area contributed by atoms with Crippen LogP contribution in [0, 0.1) is 5.92 Å². The Hall–Kier alpha value is -1.15. The molecule has 0 saturated carbocycles. The maximum absolute atomic E-state index is 6.13. The maximum Gasteiger partial charge on any atom is 0.228 e. The summed E-state index contributed by atoms with van der Waals surface area (Å²) in [5.74, 6) is 2.76. The van der Waals surface area contributed by atoms with Gasteiger partial charge in [0.05, 0.1) is 24.8 Å². The van der Waals surface area contributed by atoms with Crippen molar-refractivity contribution in [1.82, 2.24) is 14.8 Å². The van der Waals surface area contributed by atoms with Gasteiger partial charge in [-0.25, -0.2) is 0 Å². The molecule has 1 aromatic carbocycles. The summed E-state index contributed by atoms with van der Waals surface area (Å²) in [4.78, 5) is 2.24. The Morgan fingerprint density at radius 1 is 1.22 bits per heavy atom. The summed E-state index contributed by atoms with van der Waals surface area (Å²) in [6.45, 7) is 8.92. The first-order valence-corrected chi connectivity index (χ1v) is 10.8. The molecule has 0 aliphatic carbocycles. The second-order valence-electron chi connectivity index (χ2n) is 6.66. The van der Waals surface area contributed by atoms with Gasteiger partial charge in [-0.15, -0.1) is 10.2 Å². The predicted molar refractivity (Wildman–Crippen MR) is 111 cm³/mol. The zero-order valence-corrected chi connectivity index (χ0v) is 17.9. The average molecular weight is 431 g/mol. The lowest BCUT2D eigenvalue weighted by Gasteiger charge is -2.28. The molecule has 0 spiro atoms. The third-order valence-corrected chi connectivity index (χ3v) is 5.48. The van der Waals surface area contributed by atoms with Gasteiger partial charge >= 0.3 is 0 Å². The highest BCUT2D eigenvalue weighted by atomic mass is 35.5. The van der Waals surface area contributed by atoms with E-state index < -0.39 is 0 Å². The van der Waals surface area contributed by atoms with Crippen LogP contribution < -0.4 is 9.64 Å². The number of hydrogen-bond acceptors (Lipinski definition) is 6. The molecule has 6 nitrogen and oxygen atoms in total. The standard InChI is InChI=1S/C18H24Cl2N4O2S/c1-13(2)12-24-17(23-5-7-25-8-6-23)21-22-18(24)27-10-9-26-16-11-14(19)3-4-15(16)20/h3-4,11,13H,5-10,12H2,1-2H3. The Bertz CT molecular complexity index is 751. The second kappa shape index (κ2) is 9.87. The molecule has 27 heavy (non-hydrogen) atoms. The number of nitrogens with zero attached hydrogens (tertiary/aromatic N) is 4. The van der Waals surface area contributed by atoms with Crippen molar-refractivity contribution in [2.75, 3.05) is 43.6 Å². The number of hydrogen-bond donors (Lipinski definition) is 0. The highest BCUT2D eigenvalue weighted by Gasteiger charge is 2.21. The van der Waals surface area contributed by atoms with Crippen molar-refractivity contribution in [2.24, 2.45) is 5.92 Å². The lowest BCUT2D eigenvalue weighted by molar-refractivity contribution is 0.121. The molecular formula is C18H24Cl2N4O2S. The summed E-state index contributed by atoms with van der Waals surface area (Å²) in [7, 11) is 0. The van der Waals surface area contributed by atoms with Crippen LogP contribution in [0.4, 0.5) is 5.95 Å². The molecule has 1 aliphatic heterocycles. The first-order valence-electron chi connectivity index (χ1n) is 9.01. The normalized spacial score (nSPS) is 14.8. The minimum absolute atomic E-state index is 0.502. The summed E-state index contributed by atoms with van der Waals surface area (Å²) >= 11 is 13.8. The summed E-state index contributed by atoms with van der Waals surface area (Å²) in [5.41, 5.74) is 0. The number of benzene rings is 1. The molecule has 0 N–H and O–H groups in total. The van der Waals surface area contributed by atoms with Crippen molar-refractivity contribution in [1.29, 1.82) is 0 Å². The van der Waals surface area contributed by atoms with E-state index in [4.69, 9.17) is 32.7 Å². The highest BCUT2D eigenvalue weighted by molar-refractivity contribution is 7.99. The van der Waals surface area contributed by atoms with Gasteiger partial charge in [-0.2, -0.15) is 0 Å². The molecule has 0 unspecified atom stereocenters. The SMILES string of the molecule is CC(C)Cn1c(SCCOc2cc(Cl)ccc2Cl)nnc1N1CCOCC1. The molecule has 0 bridgehead atoms. The topological polar surface area (TPSA) is 52.4 Å². The Kier molecular flexibility index (Phi) is 7.52. The summed E-state index contributed by atoms with van der Waals surface area (Å²) in [5, 5.41) is 10.9. The number of aromatic nitrogens is 3. The van der Waals surface area contributed by atoms with Crippen molar-refractivity contribution in [3.05, 3.63) is 28.2 Å². The van der Waals surface area contributed by atoms with Gasteiger partial charge in [0.25, 0.3) is 0 Å². The third kappa shape index (κ3) is 5.67. The molecule has 1 aromatic heterocycles. The fourth-order valence-corrected chi connectivity index (χ4v) is 3.88. The van der Waals surface area contributed by atoms with Gasteiger partial charge in [-0.05, 0) is 18.1 Å². The minimum atomic E-state index is 0.502. The second-order valence-corrected chi connectivity index (χ2v) is 8.56. The number of ether oxygens (including phenoxy) is 2. The van der Waals surface area contributed by atoms with Crippen LogP contribution in [0.15, 0.2) is 23.4 Å². The van der Waals surface area contributed by atoms with E-state index in [1.54, 1.807) is 30.0 Å². The molecule has 1 fully saturated rings. The van der Waals surface area contributed by atoms with Gasteiger partial charge in [-0.1, -0.05) is 48.8 Å². The van der Waals surface area contributed by atoms with E-state index in [9.17, 15) is 0 Å². The molecule has 1 aliphatic rings. The van der Waals surface area contributed by atoms with E-state index in [0.29, 0.717) is 28.3 Å². The van der Waals surface area contributed by atoms with Crippen LogP contribution in [0.3, 0.4) is 0 Å². The summed E-state index contributed by atoms with van der Waals surface area (Å²) < 4.78 is 13.4. The molecule has 2 aromatic rings. The van der Waals surface area contributed by atoms with Crippen LogP contribution in [-0.4, -0.2) is 53.4 Å². The zero-order valence-electron chi connectivity index (χ0n) is 15.5. The summed E-state index contributed by atoms with van der Waals surface area (Å²) in [6.07, 6.45) is 0. The van der Waals surface area contributed by atoms with Crippen LogP contribution in [-0.2, 0) is 11.3 Å². The minimum Gasteiger partial charge on any atom is -0.491 e. The van der Waals surface area contributed by atoms with Crippen molar-refractivity contribution >= 4 is 40.9 Å². The van der Waals surface area contributed by atoms with E-state index >= 15 is 0 Å². The number of anilines is 1. The predicted octanol–water partition coefficient (Wildman–Crippen LogP) is 4.25. The van der Waals surface area contributed by atoms with Crippen molar-refractivity contribution < 1.29 is 9.47 Å². The van der Waals surface area contributed by atoms with Crippen molar-refractivity contribution in [2.45, 2.75) is 25.5 Å². The average Bonchev–Trinajstić information content (AvgIpc) is 3.04. The monoisotopic (exact) mass is 430 g/mol. The van der Waals surface area contributed by atoms with Crippen molar-refractivity contribution in [3.63, 3.8) is 0 Å². The quantitative estimate of drug-likeness (QED) is 0.460. The van der Waals surface area contributed by atoms with Gasteiger partial charge in [-0.3, -0.25) is 4.57 Å². The largest absolute Gasteiger partial charge is 0.491 e. The molecule has 0 amide bonds. The number of thioether (sulfide) groups is 1. The summed E-state index contributed by atoms with van der Waals surface area (Å²) in [6, 6.07) is 5.21. The van der Waals surface area contributed by atoms with E-state index in [1.165, 1.54) is 0 Å². The van der Waals surface area contributed by atoms with Crippen molar-refractivity contribution in [3.8, 4) is 5.75 Å². The van der Waals surface area contributed by atoms with E-state index in [0.717, 1.165) is 49.7 Å². The first kappa shape index (κ1) is 20.6. The Labute approximate surface area is 174 Å². The number of halogens is 2.